The van der Waals surface area contributed by atoms with Gasteiger partial charge in [0.15, 0.2) is 5.82 Å². The number of hydrogen-bond donors (Lipinski definition) is 1. The predicted octanol–water partition coefficient (Wildman–Crippen LogP) is 5.86. The number of anilines is 1. The third-order valence-electron chi connectivity index (χ3n) is 6.64. The van der Waals surface area contributed by atoms with Crippen molar-refractivity contribution in [3.63, 3.8) is 0 Å². The van der Waals surface area contributed by atoms with E-state index in [0.29, 0.717) is 12.6 Å². The summed E-state index contributed by atoms with van der Waals surface area (Å²) in [5.74, 6) is -0.00428. The van der Waals surface area contributed by atoms with Gasteiger partial charge in [0.05, 0.1) is 23.2 Å². The minimum atomic E-state index is -0.930. The quantitative estimate of drug-likeness (QED) is 0.390. The van der Waals surface area contributed by atoms with Gasteiger partial charge in [0.2, 0.25) is 0 Å². The monoisotopic (exact) mass is 440 g/mol. The summed E-state index contributed by atoms with van der Waals surface area (Å²) in [5.41, 5.74) is 3.34. The van der Waals surface area contributed by atoms with Gasteiger partial charge in [-0.2, -0.15) is 5.10 Å². The second-order valence-corrected chi connectivity index (χ2v) is 8.63. The van der Waals surface area contributed by atoms with Gasteiger partial charge < -0.3 is 10.0 Å². The van der Waals surface area contributed by atoms with Gasteiger partial charge in [-0.15, -0.1) is 0 Å². The Kier molecular flexibility index (Phi) is 5.82. The normalized spacial score (nSPS) is 15.1. The summed E-state index contributed by atoms with van der Waals surface area (Å²) >= 11 is 0. The molecule has 2 heterocycles. The molecule has 0 bridgehead atoms. The third-order valence-corrected chi connectivity index (χ3v) is 6.64. The summed E-state index contributed by atoms with van der Waals surface area (Å²) in [5, 5.41) is 15.9. The van der Waals surface area contributed by atoms with Gasteiger partial charge in [0.1, 0.15) is 0 Å². The molecule has 6 heteroatoms. The second kappa shape index (κ2) is 9.06. The Morgan fingerprint density at radius 3 is 2.61 bits per heavy atom. The van der Waals surface area contributed by atoms with Gasteiger partial charge in [-0.25, -0.2) is 4.79 Å². The number of pyridine rings is 1. The molecule has 33 heavy (non-hydrogen) atoms. The maximum atomic E-state index is 11.7. The van der Waals surface area contributed by atoms with E-state index in [2.05, 4.69) is 45.8 Å². The number of aromatic nitrogens is 3. The van der Waals surface area contributed by atoms with Crippen molar-refractivity contribution in [1.82, 2.24) is 14.8 Å². The number of benzene rings is 2. The predicted molar refractivity (Wildman–Crippen MR) is 130 cm³/mol. The van der Waals surface area contributed by atoms with Crippen LogP contribution in [0.1, 0.15) is 66.2 Å². The third kappa shape index (κ3) is 3.97. The zero-order valence-corrected chi connectivity index (χ0v) is 18.8. The van der Waals surface area contributed by atoms with Gasteiger partial charge in [-0.3, -0.25) is 9.67 Å². The van der Waals surface area contributed by atoms with Crippen LogP contribution in [0.4, 0.5) is 5.82 Å². The molecule has 168 valence electrons. The van der Waals surface area contributed by atoms with Gasteiger partial charge in [-0.1, -0.05) is 43.2 Å². The number of hydrogen-bond acceptors (Lipinski definition) is 4. The molecule has 2 aromatic heterocycles. The number of fused-ring (bicyclic) bond motifs is 1. The van der Waals surface area contributed by atoms with Crippen LogP contribution in [-0.4, -0.2) is 32.4 Å². The van der Waals surface area contributed by atoms with Gasteiger partial charge in [0, 0.05) is 24.3 Å². The van der Waals surface area contributed by atoms with E-state index in [0.717, 1.165) is 40.7 Å². The summed E-state index contributed by atoms with van der Waals surface area (Å²) in [7, 11) is 0. The molecule has 1 unspecified atom stereocenters. The molecule has 1 aliphatic rings. The summed E-state index contributed by atoms with van der Waals surface area (Å²) in [6.07, 6.45) is 8.41. The Labute approximate surface area is 193 Å². The molecule has 6 nitrogen and oxygen atoms in total. The van der Waals surface area contributed by atoms with Crippen molar-refractivity contribution in [3.05, 3.63) is 89.7 Å². The number of carbonyl (C=O) groups is 1. The minimum Gasteiger partial charge on any atom is -0.478 e. The lowest BCUT2D eigenvalue weighted by molar-refractivity contribution is 0.0696. The summed E-state index contributed by atoms with van der Waals surface area (Å²) in [4.78, 5) is 18.3. The molecular formula is C27H28N4O2. The highest BCUT2D eigenvalue weighted by atomic mass is 16.4. The first kappa shape index (κ1) is 21.2. The van der Waals surface area contributed by atoms with E-state index in [1.807, 2.05) is 30.5 Å². The van der Waals surface area contributed by atoms with Crippen molar-refractivity contribution in [2.45, 2.75) is 44.7 Å². The SMILES string of the molecule is CCN(c1nn(C2CCCC2)c2ccccc12)C(c1cccnc1)c1cccc(C(=O)O)c1. The first-order valence-corrected chi connectivity index (χ1v) is 11.6. The minimum absolute atomic E-state index is 0.210. The average Bonchev–Trinajstić information content (AvgIpc) is 3.51. The Hall–Kier alpha value is -3.67. The number of nitrogens with zero attached hydrogens (tertiary/aromatic N) is 4. The standard InChI is InChI=1S/C27H28N4O2/c1-2-30(26-23-14-5-6-15-24(23)31(29-26)22-12-3-4-13-22)25(21-11-8-16-28-18-21)19-9-7-10-20(17-19)27(32)33/h5-11,14-18,22,25H,2-4,12-13H2,1H3,(H,32,33). The van der Waals surface area contributed by atoms with Crippen molar-refractivity contribution < 1.29 is 9.90 Å². The van der Waals surface area contributed by atoms with Crippen LogP contribution in [0.5, 0.6) is 0 Å². The van der Waals surface area contributed by atoms with Crippen LogP contribution in [0.3, 0.4) is 0 Å². The summed E-state index contributed by atoms with van der Waals surface area (Å²) < 4.78 is 2.22. The van der Waals surface area contributed by atoms with Crippen LogP contribution in [0.2, 0.25) is 0 Å². The first-order chi connectivity index (χ1) is 16.2. The number of carboxylic acids is 1. The van der Waals surface area contributed by atoms with Crippen molar-refractivity contribution in [2.24, 2.45) is 0 Å². The largest absolute Gasteiger partial charge is 0.478 e. The van der Waals surface area contributed by atoms with E-state index >= 15 is 0 Å². The lowest BCUT2D eigenvalue weighted by Crippen LogP contribution is -2.30. The number of aromatic carboxylic acids is 1. The molecular weight excluding hydrogens is 412 g/mol. The van der Waals surface area contributed by atoms with Crippen LogP contribution in [0, 0.1) is 0 Å². The molecule has 0 saturated heterocycles. The van der Waals surface area contributed by atoms with Gasteiger partial charge in [-0.05, 0) is 61.2 Å². The fourth-order valence-corrected chi connectivity index (χ4v) is 5.10. The zero-order chi connectivity index (χ0) is 22.8. The van der Waals surface area contributed by atoms with Crippen LogP contribution < -0.4 is 4.90 Å². The van der Waals surface area contributed by atoms with Crippen LogP contribution in [-0.2, 0) is 0 Å². The number of para-hydroxylation sites is 1. The van der Waals surface area contributed by atoms with E-state index in [4.69, 9.17) is 5.10 Å². The number of carboxylic acid groups (broad SMARTS) is 1. The van der Waals surface area contributed by atoms with Crippen molar-refractivity contribution >= 4 is 22.7 Å². The molecule has 0 radical (unpaired) electrons. The number of rotatable bonds is 7. The molecule has 0 amide bonds. The summed E-state index contributed by atoms with van der Waals surface area (Å²) in [6.45, 7) is 2.83. The van der Waals surface area contributed by atoms with E-state index < -0.39 is 5.97 Å². The molecule has 1 fully saturated rings. The summed E-state index contributed by atoms with van der Waals surface area (Å²) in [6, 6.07) is 19.8. The van der Waals surface area contributed by atoms with E-state index in [9.17, 15) is 9.90 Å². The first-order valence-electron chi connectivity index (χ1n) is 11.6. The highest BCUT2D eigenvalue weighted by molar-refractivity contribution is 5.91. The lowest BCUT2D eigenvalue weighted by atomic mass is 9.96. The fourth-order valence-electron chi connectivity index (χ4n) is 5.10. The van der Waals surface area contributed by atoms with E-state index in [1.54, 1.807) is 18.3 Å². The Morgan fingerprint density at radius 1 is 1.09 bits per heavy atom. The highest BCUT2D eigenvalue weighted by Crippen LogP contribution is 2.39. The molecule has 1 atom stereocenters. The molecule has 5 rings (SSSR count). The average molecular weight is 441 g/mol. The second-order valence-electron chi connectivity index (χ2n) is 8.63. The highest BCUT2D eigenvalue weighted by Gasteiger charge is 2.28. The van der Waals surface area contributed by atoms with Crippen molar-refractivity contribution in [3.8, 4) is 0 Å². The van der Waals surface area contributed by atoms with E-state index in [-0.39, 0.29) is 11.6 Å². The smallest absolute Gasteiger partial charge is 0.335 e. The van der Waals surface area contributed by atoms with Crippen LogP contribution in [0.15, 0.2) is 73.1 Å². The van der Waals surface area contributed by atoms with Crippen LogP contribution >= 0.6 is 0 Å². The zero-order valence-electron chi connectivity index (χ0n) is 18.8. The molecule has 0 aliphatic heterocycles. The molecule has 4 aromatic rings. The Balaban J connectivity index is 1.69. The molecule has 1 aliphatic carbocycles. The maximum absolute atomic E-state index is 11.7. The Morgan fingerprint density at radius 2 is 1.88 bits per heavy atom. The van der Waals surface area contributed by atoms with Gasteiger partial charge in [0.25, 0.3) is 0 Å². The molecule has 1 N–H and O–H groups in total. The molecule has 0 spiro atoms. The topological polar surface area (TPSA) is 71.2 Å². The van der Waals surface area contributed by atoms with Crippen molar-refractivity contribution in [2.75, 3.05) is 11.4 Å². The van der Waals surface area contributed by atoms with E-state index in [1.165, 1.54) is 12.8 Å². The molecule has 1 saturated carbocycles. The Bertz CT molecular complexity index is 1260. The molecule has 2 aromatic carbocycles. The van der Waals surface area contributed by atoms with Gasteiger partial charge >= 0.3 is 5.97 Å². The lowest BCUT2D eigenvalue weighted by Gasteiger charge is -2.32. The van der Waals surface area contributed by atoms with Crippen LogP contribution in [0.25, 0.3) is 10.9 Å². The maximum Gasteiger partial charge on any atom is 0.335 e. The van der Waals surface area contributed by atoms with Crippen molar-refractivity contribution in [1.29, 1.82) is 0 Å². The fraction of sp³-hybridized carbons (Fsp3) is 0.296.